The predicted molar refractivity (Wildman–Crippen MR) is 233 cm³/mol. The molecule has 0 bridgehead atoms. The van der Waals surface area contributed by atoms with Crippen LogP contribution >= 0.6 is 0 Å². The summed E-state index contributed by atoms with van der Waals surface area (Å²) >= 11 is 0. The molecule has 0 unspecified atom stereocenters. The van der Waals surface area contributed by atoms with Gasteiger partial charge in [-0.2, -0.15) is 0 Å². The van der Waals surface area contributed by atoms with Crippen molar-refractivity contribution in [2.24, 2.45) is 5.92 Å². The number of unbranched alkanes of at least 4 members (excludes halogenated alkanes) is 31. The Balaban J connectivity index is 4.24. The van der Waals surface area contributed by atoms with Crippen LogP contribution in [0.25, 0.3) is 0 Å². The molecule has 0 aliphatic carbocycles. The molecule has 0 radical (unpaired) electrons. The summed E-state index contributed by atoms with van der Waals surface area (Å²) < 4.78 is 16.7. The van der Waals surface area contributed by atoms with Gasteiger partial charge >= 0.3 is 17.9 Å². The van der Waals surface area contributed by atoms with Gasteiger partial charge in [0.2, 0.25) is 0 Å². The smallest absolute Gasteiger partial charge is 0.306 e. The molecule has 0 saturated carbocycles. The van der Waals surface area contributed by atoms with Crippen LogP contribution in [0.1, 0.15) is 272 Å². The molecule has 6 heteroatoms. The lowest BCUT2D eigenvalue weighted by Crippen LogP contribution is -2.30. The first-order valence-corrected chi connectivity index (χ1v) is 24.4. The van der Waals surface area contributed by atoms with Gasteiger partial charge in [0.05, 0.1) is 0 Å². The average Bonchev–Trinajstić information content (AvgIpc) is 3.17. The zero-order chi connectivity index (χ0) is 40.3. The molecule has 6 nitrogen and oxygen atoms in total. The Morgan fingerprint density at radius 2 is 0.600 bits per heavy atom. The Bertz CT molecular complexity index is 826. The highest BCUT2D eigenvalue weighted by Gasteiger charge is 2.19. The van der Waals surface area contributed by atoms with Gasteiger partial charge in [0.15, 0.2) is 6.10 Å². The first-order valence-electron chi connectivity index (χ1n) is 24.4. The van der Waals surface area contributed by atoms with Crippen molar-refractivity contribution in [3.05, 3.63) is 0 Å². The summed E-state index contributed by atoms with van der Waals surface area (Å²) in [4.78, 5) is 37.7. The van der Waals surface area contributed by atoms with Crippen molar-refractivity contribution in [2.45, 2.75) is 278 Å². The van der Waals surface area contributed by atoms with Gasteiger partial charge in [-0.15, -0.1) is 0 Å². The molecule has 0 aromatic rings. The number of hydrogen-bond donors (Lipinski definition) is 0. The molecule has 55 heavy (non-hydrogen) atoms. The van der Waals surface area contributed by atoms with E-state index in [0.717, 1.165) is 63.7 Å². The molecule has 0 aromatic carbocycles. The van der Waals surface area contributed by atoms with Gasteiger partial charge in [0, 0.05) is 19.3 Å². The molecule has 0 fully saturated rings. The number of carbonyl (C=O) groups is 3. The summed E-state index contributed by atoms with van der Waals surface area (Å²) in [5.41, 5.74) is 0. The van der Waals surface area contributed by atoms with Gasteiger partial charge in [0.1, 0.15) is 13.2 Å². The summed E-state index contributed by atoms with van der Waals surface area (Å²) in [5.74, 6) is -0.0606. The van der Waals surface area contributed by atoms with E-state index >= 15 is 0 Å². The summed E-state index contributed by atoms with van der Waals surface area (Å²) in [7, 11) is 0. The quantitative estimate of drug-likeness (QED) is 0.0348. The Morgan fingerprint density at radius 3 is 0.891 bits per heavy atom. The van der Waals surface area contributed by atoms with E-state index in [2.05, 4.69) is 27.7 Å². The monoisotopic (exact) mass is 779 g/mol. The molecule has 0 N–H and O–H groups in total. The number of ether oxygens (including phenoxy) is 3. The van der Waals surface area contributed by atoms with Gasteiger partial charge < -0.3 is 14.2 Å². The van der Waals surface area contributed by atoms with Crippen LogP contribution < -0.4 is 0 Å². The van der Waals surface area contributed by atoms with Gasteiger partial charge in [-0.3, -0.25) is 14.4 Å². The highest BCUT2D eigenvalue weighted by Crippen LogP contribution is 2.17. The van der Waals surface area contributed by atoms with Gasteiger partial charge in [0.25, 0.3) is 0 Å². The van der Waals surface area contributed by atoms with E-state index in [0.29, 0.717) is 19.3 Å². The van der Waals surface area contributed by atoms with Crippen LogP contribution in [0, 0.1) is 5.92 Å². The van der Waals surface area contributed by atoms with Crippen LogP contribution in [0.4, 0.5) is 0 Å². The maximum atomic E-state index is 12.7. The van der Waals surface area contributed by atoms with Gasteiger partial charge in [-0.05, 0) is 25.2 Å². The third kappa shape index (κ3) is 43.4. The summed E-state index contributed by atoms with van der Waals surface area (Å²) in [5, 5.41) is 0. The minimum absolute atomic E-state index is 0.0638. The number of hydrogen-bond acceptors (Lipinski definition) is 6. The Morgan fingerprint density at radius 1 is 0.345 bits per heavy atom. The zero-order valence-electron chi connectivity index (χ0n) is 37.4. The van der Waals surface area contributed by atoms with E-state index in [1.54, 1.807) is 0 Å². The third-order valence-corrected chi connectivity index (χ3v) is 11.0. The fraction of sp³-hybridized carbons (Fsp3) is 0.939. The van der Waals surface area contributed by atoms with Crippen molar-refractivity contribution in [1.82, 2.24) is 0 Å². The average molecular weight is 779 g/mol. The summed E-state index contributed by atoms with van der Waals surface area (Å²) in [6.45, 7) is 8.96. The van der Waals surface area contributed by atoms with Crippen molar-refractivity contribution in [3.8, 4) is 0 Å². The van der Waals surface area contributed by atoms with Crippen LogP contribution in [-0.2, 0) is 28.6 Å². The lowest BCUT2D eigenvalue weighted by Gasteiger charge is -2.18. The van der Waals surface area contributed by atoms with Crippen LogP contribution in [0.15, 0.2) is 0 Å². The van der Waals surface area contributed by atoms with Crippen molar-refractivity contribution in [2.75, 3.05) is 13.2 Å². The van der Waals surface area contributed by atoms with Gasteiger partial charge in [-0.25, -0.2) is 0 Å². The molecule has 0 aliphatic rings. The highest BCUT2D eigenvalue weighted by atomic mass is 16.6. The van der Waals surface area contributed by atoms with E-state index in [1.165, 1.54) is 167 Å². The van der Waals surface area contributed by atoms with Crippen molar-refractivity contribution < 1.29 is 28.6 Å². The lowest BCUT2D eigenvalue weighted by atomic mass is 10.0. The molecule has 0 heterocycles. The van der Waals surface area contributed by atoms with E-state index in [1.807, 2.05) is 0 Å². The number of carbonyl (C=O) groups excluding carboxylic acids is 3. The van der Waals surface area contributed by atoms with Crippen molar-refractivity contribution in [3.63, 3.8) is 0 Å². The Kier molecular flexibility index (Phi) is 42.3. The number of esters is 3. The van der Waals surface area contributed by atoms with Crippen LogP contribution in [0.3, 0.4) is 0 Å². The third-order valence-electron chi connectivity index (χ3n) is 11.0. The van der Waals surface area contributed by atoms with E-state index in [4.69, 9.17) is 14.2 Å². The zero-order valence-corrected chi connectivity index (χ0v) is 37.4. The molecule has 0 rings (SSSR count). The fourth-order valence-corrected chi connectivity index (χ4v) is 7.33. The van der Waals surface area contributed by atoms with Gasteiger partial charge in [-0.1, -0.05) is 233 Å². The summed E-state index contributed by atoms with van der Waals surface area (Å²) in [6.07, 6.45) is 43.8. The van der Waals surface area contributed by atoms with Crippen LogP contribution in [0.2, 0.25) is 0 Å². The Labute approximate surface area is 342 Å². The molecule has 0 aliphatic heterocycles. The summed E-state index contributed by atoms with van der Waals surface area (Å²) in [6, 6.07) is 0. The number of rotatable bonds is 44. The highest BCUT2D eigenvalue weighted by molar-refractivity contribution is 5.71. The molecule has 1 atom stereocenters. The largest absolute Gasteiger partial charge is 0.462 e. The van der Waals surface area contributed by atoms with E-state index in [9.17, 15) is 14.4 Å². The maximum Gasteiger partial charge on any atom is 0.306 e. The molecule has 0 aromatic heterocycles. The van der Waals surface area contributed by atoms with Crippen LogP contribution in [0.5, 0.6) is 0 Å². The fourth-order valence-electron chi connectivity index (χ4n) is 7.33. The van der Waals surface area contributed by atoms with Crippen molar-refractivity contribution in [1.29, 1.82) is 0 Å². The molecule has 0 spiro atoms. The topological polar surface area (TPSA) is 78.9 Å². The molecule has 0 saturated heterocycles. The van der Waals surface area contributed by atoms with E-state index < -0.39 is 6.10 Å². The van der Waals surface area contributed by atoms with E-state index in [-0.39, 0.29) is 31.1 Å². The molecular weight excluding hydrogens is 685 g/mol. The second-order valence-electron chi connectivity index (χ2n) is 17.2. The maximum absolute atomic E-state index is 12.7. The molecular formula is C49H94O6. The molecule has 326 valence electrons. The second-order valence-corrected chi connectivity index (χ2v) is 17.2. The normalized spacial score (nSPS) is 11.9. The first-order chi connectivity index (χ1) is 26.9. The SMILES string of the molecule is CCCCCCCCCCCCCCCCCCCC(=O)OC[C@H](COC(=O)CCCCCCCCCCC)OC(=O)CCCCCCCCCCC(C)C. The minimum atomic E-state index is -0.759. The minimum Gasteiger partial charge on any atom is -0.462 e. The predicted octanol–water partition coefficient (Wildman–Crippen LogP) is 15.5. The standard InChI is InChI=1S/C49H94O6/c1-5-7-9-11-13-15-16-17-18-19-20-21-22-24-29-33-37-41-48(51)54-44-46(43-53-47(50)40-36-32-28-23-14-12-10-8-6-2)55-49(52)42-38-34-30-26-25-27-31-35-39-45(3)4/h45-46H,5-44H2,1-4H3/t46-/m0/s1. The molecule has 0 amide bonds. The van der Waals surface area contributed by atoms with Crippen molar-refractivity contribution >= 4 is 17.9 Å². The lowest BCUT2D eigenvalue weighted by molar-refractivity contribution is -0.167. The second kappa shape index (κ2) is 43.5. The van der Waals surface area contributed by atoms with Crippen LogP contribution in [-0.4, -0.2) is 37.2 Å². The first kappa shape index (κ1) is 53.4. The Hall–Kier alpha value is -1.59.